The highest BCUT2D eigenvalue weighted by molar-refractivity contribution is 6.04. The molecular weight excluding hydrogens is 458 g/mol. The number of nitrogens with zero attached hydrogens (tertiary/aromatic N) is 3. The standard InChI is InChI=1S/C27H27N5O4/c1-18-23(15-29-25(33)20-5-4-13-32(16-20)24-6-2-3-12-28-24)31-27(36-18)19-7-9-22(10-8-19)30-26(34)21-11-14-35-17-21/h2-3,6-12,14,17,20H,4-5,13,15-16H2,1H3,(H,29,33)(H,30,34). The van der Waals surface area contributed by atoms with Crippen molar-refractivity contribution in [2.24, 2.45) is 5.92 Å². The summed E-state index contributed by atoms with van der Waals surface area (Å²) in [7, 11) is 0. The van der Waals surface area contributed by atoms with Gasteiger partial charge in [-0.25, -0.2) is 9.97 Å². The van der Waals surface area contributed by atoms with Crippen molar-refractivity contribution in [1.29, 1.82) is 0 Å². The third kappa shape index (κ3) is 5.30. The van der Waals surface area contributed by atoms with E-state index in [1.54, 1.807) is 24.4 Å². The number of aromatic nitrogens is 2. The highest BCUT2D eigenvalue weighted by atomic mass is 16.4. The van der Waals surface area contributed by atoms with Gasteiger partial charge in [0.2, 0.25) is 11.8 Å². The van der Waals surface area contributed by atoms with Crippen LogP contribution in [0.3, 0.4) is 0 Å². The summed E-state index contributed by atoms with van der Waals surface area (Å²) in [6.45, 7) is 3.68. The van der Waals surface area contributed by atoms with Gasteiger partial charge in [0.25, 0.3) is 5.91 Å². The van der Waals surface area contributed by atoms with Crippen molar-refractivity contribution >= 4 is 23.3 Å². The minimum atomic E-state index is -0.248. The number of oxazole rings is 1. The van der Waals surface area contributed by atoms with Crippen LogP contribution in [-0.4, -0.2) is 34.9 Å². The second kappa shape index (κ2) is 10.5. The second-order valence-electron chi connectivity index (χ2n) is 8.76. The van der Waals surface area contributed by atoms with Crippen LogP contribution in [0.15, 0.2) is 76.1 Å². The van der Waals surface area contributed by atoms with Crippen LogP contribution >= 0.6 is 0 Å². The molecule has 36 heavy (non-hydrogen) atoms. The molecule has 4 aromatic rings. The number of carbonyl (C=O) groups is 2. The maximum absolute atomic E-state index is 12.9. The van der Waals surface area contributed by atoms with Gasteiger partial charge in [0.15, 0.2) is 0 Å². The van der Waals surface area contributed by atoms with Gasteiger partial charge >= 0.3 is 0 Å². The summed E-state index contributed by atoms with van der Waals surface area (Å²) in [5, 5.41) is 5.84. The lowest BCUT2D eigenvalue weighted by Crippen LogP contribution is -2.43. The average Bonchev–Trinajstić information content (AvgIpc) is 3.59. The SMILES string of the molecule is Cc1oc(-c2ccc(NC(=O)c3ccoc3)cc2)nc1CNC(=O)C1CCCN(c2ccccn2)C1. The smallest absolute Gasteiger partial charge is 0.258 e. The molecule has 0 radical (unpaired) electrons. The number of hydrogen-bond acceptors (Lipinski definition) is 7. The Morgan fingerprint density at radius 2 is 2.00 bits per heavy atom. The van der Waals surface area contributed by atoms with Crippen LogP contribution in [0.1, 0.15) is 34.7 Å². The molecule has 0 spiro atoms. The van der Waals surface area contributed by atoms with Crippen LogP contribution in [-0.2, 0) is 11.3 Å². The molecule has 0 aliphatic carbocycles. The Bertz CT molecular complexity index is 1320. The van der Waals surface area contributed by atoms with Crippen molar-refractivity contribution in [1.82, 2.24) is 15.3 Å². The summed E-state index contributed by atoms with van der Waals surface area (Å²) < 4.78 is 10.8. The number of amides is 2. The lowest BCUT2D eigenvalue weighted by molar-refractivity contribution is -0.125. The van der Waals surface area contributed by atoms with Gasteiger partial charge in [0.1, 0.15) is 23.5 Å². The fraction of sp³-hybridized carbons (Fsp3) is 0.259. The maximum atomic E-state index is 12.9. The van der Waals surface area contributed by atoms with Crippen LogP contribution in [0.4, 0.5) is 11.5 Å². The zero-order valence-electron chi connectivity index (χ0n) is 19.9. The van der Waals surface area contributed by atoms with E-state index in [0.717, 1.165) is 30.8 Å². The van der Waals surface area contributed by atoms with E-state index in [-0.39, 0.29) is 17.7 Å². The Morgan fingerprint density at radius 1 is 1.14 bits per heavy atom. The first-order valence-electron chi connectivity index (χ1n) is 11.9. The third-order valence-corrected chi connectivity index (χ3v) is 6.26. The van der Waals surface area contributed by atoms with Gasteiger partial charge in [-0.3, -0.25) is 9.59 Å². The van der Waals surface area contributed by atoms with E-state index in [1.807, 2.05) is 37.3 Å². The number of carbonyl (C=O) groups excluding carboxylic acids is 2. The molecule has 1 fully saturated rings. The first-order valence-corrected chi connectivity index (χ1v) is 11.9. The number of nitrogens with one attached hydrogen (secondary N) is 2. The molecule has 0 bridgehead atoms. The van der Waals surface area contributed by atoms with Crippen LogP contribution in [0.25, 0.3) is 11.5 Å². The summed E-state index contributed by atoms with van der Waals surface area (Å²) >= 11 is 0. The van der Waals surface area contributed by atoms with Gasteiger partial charge in [-0.15, -0.1) is 0 Å². The zero-order valence-corrected chi connectivity index (χ0v) is 19.9. The number of pyridine rings is 1. The summed E-state index contributed by atoms with van der Waals surface area (Å²) in [5.74, 6) is 1.68. The molecule has 0 saturated carbocycles. The lowest BCUT2D eigenvalue weighted by Gasteiger charge is -2.32. The van der Waals surface area contributed by atoms with E-state index in [2.05, 4.69) is 25.5 Å². The monoisotopic (exact) mass is 485 g/mol. The van der Waals surface area contributed by atoms with Crippen molar-refractivity contribution in [2.45, 2.75) is 26.3 Å². The number of piperidine rings is 1. The minimum absolute atomic E-state index is 0.0114. The molecule has 1 atom stereocenters. The second-order valence-corrected chi connectivity index (χ2v) is 8.76. The Kier molecular flexibility index (Phi) is 6.79. The summed E-state index contributed by atoms with van der Waals surface area (Å²) in [4.78, 5) is 36.2. The maximum Gasteiger partial charge on any atom is 0.258 e. The van der Waals surface area contributed by atoms with Gasteiger partial charge in [-0.05, 0) is 62.2 Å². The summed E-state index contributed by atoms with van der Waals surface area (Å²) in [6, 6.07) is 14.6. The van der Waals surface area contributed by atoms with Crippen LogP contribution < -0.4 is 15.5 Å². The zero-order chi connectivity index (χ0) is 24.9. The largest absolute Gasteiger partial charge is 0.472 e. The Morgan fingerprint density at radius 3 is 2.75 bits per heavy atom. The molecule has 184 valence electrons. The molecule has 3 aromatic heterocycles. The Labute approximate surface area is 208 Å². The lowest BCUT2D eigenvalue weighted by atomic mass is 9.97. The van der Waals surface area contributed by atoms with Gasteiger partial charge in [0.05, 0.1) is 24.3 Å². The minimum Gasteiger partial charge on any atom is -0.472 e. The normalized spacial score (nSPS) is 15.5. The van der Waals surface area contributed by atoms with Crippen molar-refractivity contribution in [3.05, 3.63) is 84.3 Å². The number of hydrogen-bond donors (Lipinski definition) is 2. The molecule has 1 aliphatic rings. The van der Waals surface area contributed by atoms with Crippen molar-refractivity contribution in [3.63, 3.8) is 0 Å². The van der Waals surface area contributed by atoms with Crippen molar-refractivity contribution in [2.75, 3.05) is 23.3 Å². The third-order valence-electron chi connectivity index (χ3n) is 6.26. The van der Waals surface area contributed by atoms with Gasteiger partial charge in [-0.2, -0.15) is 0 Å². The number of anilines is 2. The number of rotatable bonds is 7. The molecule has 9 nitrogen and oxygen atoms in total. The predicted octanol–water partition coefficient (Wildman–Crippen LogP) is 4.42. The van der Waals surface area contributed by atoms with Crippen molar-refractivity contribution in [3.8, 4) is 11.5 Å². The molecule has 9 heteroatoms. The van der Waals surface area contributed by atoms with E-state index >= 15 is 0 Å². The fourth-order valence-electron chi connectivity index (χ4n) is 4.26. The summed E-state index contributed by atoms with van der Waals surface area (Å²) in [6.07, 6.45) is 6.41. The number of furan rings is 1. The quantitative estimate of drug-likeness (QED) is 0.398. The molecule has 2 amide bonds. The van der Waals surface area contributed by atoms with E-state index in [1.165, 1.54) is 12.5 Å². The molecule has 1 aliphatic heterocycles. The van der Waals surface area contributed by atoms with Gasteiger partial charge < -0.3 is 24.4 Å². The summed E-state index contributed by atoms with van der Waals surface area (Å²) in [5.41, 5.74) is 2.56. The highest BCUT2D eigenvalue weighted by Gasteiger charge is 2.26. The molecule has 4 heterocycles. The first-order chi connectivity index (χ1) is 17.6. The molecule has 1 unspecified atom stereocenters. The van der Waals surface area contributed by atoms with Crippen molar-refractivity contribution < 1.29 is 18.4 Å². The Balaban J connectivity index is 1.18. The Hall–Kier alpha value is -4.40. The van der Waals surface area contributed by atoms with E-state index < -0.39 is 0 Å². The van der Waals surface area contributed by atoms with Gasteiger partial charge in [0, 0.05) is 30.5 Å². The van der Waals surface area contributed by atoms with Gasteiger partial charge in [-0.1, -0.05) is 6.07 Å². The van der Waals surface area contributed by atoms with Crippen LogP contribution in [0.2, 0.25) is 0 Å². The molecular formula is C27H27N5O4. The average molecular weight is 486 g/mol. The van der Waals surface area contributed by atoms with Crippen LogP contribution in [0.5, 0.6) is 0 Å². The topological polar surface area (TPSA) is 114 Å². The molecule has 1 saturated heterocycles. The van der Waals surface area contributed by atoms with E-state index in [9.17, 15) is 9.59 Å². The predicted molar refractivity (Wildman–Crippen MR) is 134 cm³/mol. The molecule has 2 N–H and O–H groups in total. The number of benzene rings is 1. The fourth-order valence-corrected chi connectivity index (χ4v) is 4.26. The van der Waals surface area contributed by atoms with E-state index in [4.69, 9.17) is 8.83 Å². The molecule has 5 rings (SSSR count). The van der Waals surface area contributed by atoms with E-state index in [0.29, 0.717) is 41.7 Å². The highest BCUT2D eigenvalue weighted by Crippen LogP contribution is 2.25. The molecule has 1 aromatic carbocycles. The first kappa shape index (κ1) is 23.3. The number of aryl methyl sites for hydroxylation is 1. The van der Waals surface area contributed by atoms with Crippen LogP contribution in [0, 0.1) is 12.8 Å².